The van der Waals surface area contributed by atoms with Gasteiger partial charge < -0.3 is 15.4 Å². The summed E-state index contributed by atoms with van der Waals surface area (Å²) in [6, 6.07) is 3.05. The first-order chi connectivity index (χ1) is 9.24. The molecule has 0 aliphatic carbocycles. The number of nitrogens with one attached hydrogen (secondary N) is 2. The standard InChI is InChI=1S/C13H16N4O2/c1-2-9-3-4-14-10(7-9)13(19)17-11(8-18)12-15-5-6-16-12/h3-7,11,18H,2,8H2,1H3,(H,15,16)(H,17,19). The third-order valence-corrected chi connectivity index (χ3v) is 2.80. The van der Waals surface area contributed by atoms with Gasteiger partial charge in [0.15, 0.2) is 0 Å². The minimum Gasteiger partial charge on any atom is -0.394 e. The number of hydrogen-bond acceptors (Lipinski definition) is 4. The molecule has 0 radical (unpaired) electrons. The number of aryl methyl sites for hydroxylation is 1. The summed E-state index contributed by atoms with van der Waals surface area (Å²) in [7, 11) is 0. The van der Waals surface area contributed by atoms with Gasteiger partial charge in [-0.1, -0.05) is 6.92 Å². The molecule has 0 saturated heterocycles. The van der Waals surface area contributed by atoms with Crippen LogP contribution < -0.4 is 5.32 Å². The van der Waals surface area contributed by atoms with E-state index in [0.717, 1.165) is 12.0 Å². The molecule has 6 heteroatoms. The van der Waals surface area contributed by atoms with Gasteiger partial charge in [-0.2, -0.15) is 0 Å². The minimum absolute atomic E-state index is 0.229. The maximum absolute atomic E-state index is 12.1. The molecule has 100 valence electrons. The normalized spacial score (nSPS) is 12.1. The maximum atomic E-state index is 12.1. The Hall–Kier alpha value is -2.21. The van der Waals surface area contributed by atoms with Crippen LogP contribution in [0.1, 0.15) is 34.8 Å². The molecule has 3 N–H and O–H groups in total. The summed E-state index contributed by atoms with van der Waals surface area (Å²) in [5.74, 6) is 0.188. The zero-order valence-corrected chi connectivity index (χ0v) is 10.6. The quantitative estimate of drug-likeness (QED) is 0.742. The Labute approximate surface area is 110 Å². The molecule has 0 aliphatic heterocycles. The fourth-order valence-corrected chi connectivity index (χ4v) is 1.72. The lowest BCUT2D eigenvalue weighted by Crippen LogP contribution is -2.32. The molecule has 1 atom stereocenters. The number of aromatic amines is 1. The highest BCUT2D eigenvalue weighted by Gasteiger charge is 2.17. The van der Waals surface area contributed by atoms with Crippen LogP contribution in [-0.2, 0) is 6.42 Å². The van der Waals surface area contributed by atoms with Gasteiger partial charge in [-0.25, -0.2) is 4.98 Å². The van der Waals surface area contributed by atoms with Crippen LogP contribution in [0.3, 0.4) is 0 Å². The van der Waals surface area contributed by atoms with Gasteiger partial charge in [-0.3, -0.25) is 9.78 Å². The van der Waals surface area contributed by atoms with Gasteiger partial charge in [0.1, 0.15) is 17.6 Å². The molecule has 0 fully saturated rings. The third kappa shape index (κ3) is 3.17. The predicted octanol–water partition coefficient (Wildman–Crippen LogP) is 0.831. The number of carbonyl (C=O) groups excluding carboxylic acids is 1. The first kappa shape index (κ1) is 13.2. The number of pyridine rings is 1. The molecule has 0 saturated carbocycles. The Morgan fingerprint density at radius 1 is 1.47 bits per heavy atom. The van der Waals surface area contributed by atoms with Gasteiger partial charge in [0.05, 0.1) is 6.61 Å². The number of amides is 1. The Balaban J connectivity index is 2.11. The zero-order chi connectivity index (χ0) is 13.7. The van der Waals surface area contributed by atoms with Gasteiger partial charge in [-0.05, 0) is 24.1 Å². The smallest absolute Gasteiger partial charge is 0.270 e. The summed E-state index contributed by atoms with van der Waals surface area (Å²) >= 11 is 0. The van der Waals surface area contributed by atoms with Crippen molar-refractivity contribution in [3.05, 3.63) is 47.8 Å². The largest absolute Gasteiger partial charge is 0.394 e. The molecule has 2 heterocycles. The topological polar surface area (TPSA) is 90.9 Å². The van der Waals surface area contributed by atoms with Crippen molar-refractivity contribution >= 4 is 5.91 Å². The van der Waals surface area contributed by atoms with Crippen molar-refractivity contribution in [3.63, 3.8) is 0 Å². The average Bonchev–Trinajstić information content (AvgIpc) is 2.98. The molecule has 2 aromatic heterocycles. The van der Waals surface area contributed by atoms with Crippen molar-refractivity contribution < 1.29 is 9.90 Å². The number of imidazole rings is 1. The second-order valence-corrected chi connectivity index (χ2v) is 4.09. The van der Waals surface area contributed by atoms with Crippen molar-refractivity contribution in [2.45, 2.75) is 19.4 Å². The number of rotatable bonds is 5. The lowest BCUT2D eigenvalue weighted by atomic mass is 10.1. The lowest BCUT2D eigenvalue weighted by Gasteiger charge is -2.13. The summed E-state index contributed by atoms with van der Waals surface area (Å²) < 4.78 is 0. The molecule has 1 unspecified atom stereocenters. The Morgan fingerprint density at radius 3 is 2.95 bits per heavy atom. The second kappa shape index (κ2) is 6.10. The maximum Gasteiger partial charge on any atom is 0.270 e. The van der Waals surface area contributed by atoms with E-state index in [4.69, 9.17) is 0 Å². The molecule has 0 aromatic carbocycles. The highest BCUT2D eigenvalue weighted by Crippen LogP contribution is 2.08. The van der Waals surface area contributed by atoms with Gasteiger partial charge >= 0.3 is 0 Å². The van der Waals surface area contributed by atoms with Crippen molar-refractivity contribution in [1.82, 2.24) is 20.3 Å². The van der Waals surface area contributed by atoms with Crippen molar-refractivity contribution in [3.8, 4) is 0 Å². The van der Waals surface area contributed by atoms with E-state index in [1.165, 1.54) is 0 Å². The second-order valence-electron chi connectivity index (χ2n) is 4.09. The van der Waals surface area contributed by atoms with Crippen LogP contribution >= 0.6 is 0 Å². The van der Waals surface area contributed by atoms with Crippen LogP contribution in [0.5, 0.6) is 0 Å². The van der Waals surface area contributed by atoms with Crippen LogP contribution in [0, 0.1) is 0 Å². The Morgan fingerprint density at radius 2 is 2.32 bits per heavy atom. The molecule has 0 aliphatic rings. The van der Waals surface area contributed by atoms with Crippen LogP contribution in [-0.4, -0.2) is 32.6 Å². The summed E-state index contributed by atoms with van der Waals surface area (Å²) in [4.78, 5) is 23.0. The molecule has 0 spiro atoms. The molecule has 19 heavy (non-hydrogen) atoms. The van der Waals surface area contributed by atoms with Crippen molar-refractivity contribution in [2.75, 3.05) is 6.61 Å². The zero-order valence-electron chi connectivity index (χ0n) is 10.6. The first-order valence-electron chi connectivity index (χ1n) is 6.10. The molecular formula is C13H16N4O2. The van der Waals surface area contributed by atoms with Crippen LogP contribution in [0.15, 0.2) is 30.7 Å². The first-order valence-corrected chi connectivity index (χ1v) is 6.10. The molecule has 2 rings (SSSR count). The Kier molecular flexibility index (Phi) is 4.25. The van der Waals surface area contributed by atoms with Gasteiger partial charge in [0.25, 0.3) is 5.91 Å². The van der Waals surface area contributed by atoms with E-state index in [0.29, 0.717) is 11.5 Å². The van der Waals surface area contributed by atoms with Gasteiger partial charge in [-0.15, -0.1) is 0 Å². The molecule has 1 amide bonds. The highest BCUT2D eigenvalue weighted by atomic mass is 16.3. The van der Waals surface area contributed by atoms with Gasteiger partial charge in [0, 0.05) is 18.6 Å². The van der Waals surface area contributed by atoms with E-state index in [-0.39, 0.29) is 12.5 Å². The van der Waals surface area contributed by atoms with E-state index >= 15 is 0 Å². The monoisotopic (exact) mass is 260 g/mol. The van der Waals surface area contributed by atoms with Crippen LogP contribution in [0.2, 0.25) is 0 Å². The summed E-state index contributed by atoms with van der Waals surface area (Å²) in [5, 5.41) is 12.0. The van der Waals surface area contributed by atoms with E-state index in [1.54, 1.807) is 24.7 Å². The summed E-state index contributed by atoms with van der Waals surface area (Å²) in [6.07, 6.45) is 5.65. The Bertz CT molecular complexity index is 539. The van der Waals surface area contributed by atoms with E-state index in [9.17, 15) is 9.90 Å². The number of aliphatic hydroxyl groups is 1. The van der Waals surface area contributed by atoms with Crippen LogP contribution in [0.25, 0.3) is 0 Å². The summed E-state index contributed by atoms with van der Waals surface area (Å²) in [5.41, 5.74) is 1.38. The van der Waals surface area contributed by atoms with E-state index in [1.807, 2.05) is 13.0 Å². The fourth-order valence-electron chi connectivity index (χ4n) is 1.72. The fraction of sp³-hybridized carbons (Fsp3) is 0.308. The SMILES string of the molecule is CCc1ccnc(C(=O)NC(CO)c2ncc[nH]2)c1. The number of nitrogens with zero attached hydrogens (tertiary/aromatic N) is 2. The van der Waals surface area contributed by atoms with Crippen molar-refractivity contribution in [2.24, 2.45) is 0 Å². The van der Waals surface area contributed by atoms with Crippen LogP contribution in [0.4, 0.5) is 0 Å². The van der Waals surface area contributed by atoms with Gasteiger partial charge in [0.2, 0.25) is 0 Å². The number of hydrogen-bond donors (Lipinski definition) is 3. The van der Waals surface area contributed by atoms with Crippen molar-refractivity contribution in [1.29, 1.82) is 0 Å². The molecule has 2 aromatic rings. The number of H-pyrrole nitrogens is 1. The number of aromatic nitrogens is 3. The van der Waals surface area contributed by atoms with E-state index in [2.05, 4.69) is 20.3 Å². The average molecular weight is 260 g/mol. The summed E-state index contributed by atoms with van der Waals surface area (Å²) in [6.45, 7) is 1.78. The molecule has 6 nitrogen and oxygen atoms in total. The third-order valence-electron chi connectivity index (χ3n) is 2.80. The lowest BCUT2D eigenvalue weighted by molar-refractivity contribution is 0.0908. The number of carbonyl (C=O) groups is 1. The molecular weight excluding hydrogens is 244 g/mol. The van der Waals surface area contributed by atoms with E-state index < -0.39 is 6.04 Å². The number of aliphatic hydroxyl groups excluding tert-OH is 1. The molecule has 0 bridgehead atoms. The minimum atomic E-state index is -0.561. The predicted molar refractivity (Wildman–Crippen MR) is 69.5 cm³/mol. The highest BCUT2D eigenvalue weighted by molar-refractivity contribution is 5.92.